The van der Waals surface area contributed by atoms with E-state index in [1.165, 1.54) is 12.1 Å². The molecule has 17 heavy (non-hydrogen) atoms. The van der Waals surface area contributed by atoms with Gasteiger partial charge in [0.1, 0.15) is 17.3 Å². The van der Waals surface area contributed by atoms with E-state index in [9.17, 15) is 8.78 Å². The molecule has 0 aliphatic heterocycles. The summed E-state index contributed by atoms with van der Waals surface area (Å²) in [5.41, 5.74) is -0.0737. The van der Waals surface area contributed by atoms with E-state index in [1.54, 1.807) is 0 Å². The lowest BCUT2D eigenvalue weighted by Gasteiger charge is -2.09. The summed E-state index contributed by atoms with van der Waals surface area (Å²) >= 11 is 3.03. The van der Waals surface area contributed by atoms with Gasteiger partial charge < -0.3 is 10.4 Å². The maximum atomic E-state index is 13.4. The van der Waals surface area contributed by atoms with Crippen molar-refractivity contribution in [3.8, 4) is 0 Å². The second-order valence-corrected chi connectivity index (χ2v) is 4.72. The molecule has 5 heteroatoms. The van der Waals surface area contributed by atoms with Crippen LogP contribution >= 0.6 is 15.9 Å². The van der Waals surface area contributed by atoms with Gasteiger partial charge in [0, 0.05) is 17.6 Å². The molecule has 0 aromatic heterocycles. The average molecular weight is 308 g/mol. The highest BCUT2D eigenvalue weighted by molar-refractivity contribution is 9.10. The summed E-state index contributed by atoms with van der Waals surface area (Å²) in [5, 5.41) is 11.3. The molecule has 0 amide bonds. The van der Waals surface area contributed by atoms with Crippen molar-refractivity contribution in [1.82, 2.24) is 0 Å². The van der Waals surface area contributed by atoms with Crippen LogP contribution in [0.5, 0.6) is 0 Å². The minimum atomic E-state index is -0.591. The molecular weight excluding hydrogens is 292 g/mol. The number of hydrogen-bond donors (Lipinski definition) is 2. The standard InChI is InChI=1S/C12H16BrF2NO/c13-9-7-10(14)12(11(15)8-9)16-5-3-1-2-4-6-17/h7-8,16-17H,1-6H2. The highest BCUT2D eigenvalue weighted by Gasteiger charge is 2.09. The van der Waals surface area contributed by atoms with Crippen molar-refractivity contribution in [3.63, 3.8) is 0 Å². The van der Waals surface area contributed by atoms with Crippen LogP contribution in [0, 0.1) is 11.6 Å². The van der Waals surface area contributed by atoms with E-state index in [-0.39, 0.29) is 12.3 Å². The molecule has 0 atom stereocenters. The molecule has 1 aromatic rings. The van der Waals surface area contributed by atoms with Crippen LogP contribution in [0.25, 0.3) is 0 Å². The zero-order valence-electron chi connectivity index (χ0n) is 9.48. The van der Waals surface area contributed by atoms with Gasteiger partial charge in [0.2, 0.25) is 0 Å². The van der Waals surface area contributed by atoms with Gasteiger partial charge in [-0.05, 0) is 25.0 Å². The van der Waals surface area contributed by atoms with Crippen LogP contribution < -0.4 is 5.32 Å². The summed E-state index contributed by atoms with van der Waals surface area (Å²) in [6.45, 7) is 0.726. The van der Waals surface area contributed by atoms with Gasteiger partial charge in [0.05, 0.1) is 0 Å². The third-order valence-electron chi connectivity index (χ3n) is 2.39. The fourth-order valence-electron chi connectivity index (χ4n) is 1.51. The Labute approximate surface area is 108 Å². The largest absolute Gasteiger partial charge is 0.396 e. The van der Waals surface area contributed by atoms with Gasteiger partial charge in [-0.1, -0.05) is 28.8 Å². The lowest BCUT2D eigenvalue weighted by molar-refractivity contribution is 0.283. The van der Waals surface area contributed by atoms with Gasteiger partial charge in [-0.25, -0.2) is 8.78 Å². The van der Waals surface area contributed by atoms with Gasteiger partial charge in [-0.2, -0.15) is 0 Å². The summed E-state index contributed by atoms with van der Waals surface area (Å²) in [7, 11) is 0. The Bertz CT molecular complexity index is 337. The molecule has 0 fully saturated rings. The Morgan fingerprint density at radius 1 is 1.06 bits per heavy atom. The number of hydrogen-bond acceptors (Lipinski definition) is 2. The average Bonchev–Trinajstić information content (AvgIpc) is 2.26. The molecule has 1 rings (SSSR count). The smallest absolute Gasteiger partial charge is 0.150 e. The SMILES string of the molecule is OCCCCCCNc1c(F)cc(Br)cc1F. The molecule has 0 spiro atoms. The third-order valence-corrected chi connectivity index (χ3v) is 2.85. The van der Waals surface area contributed by atoms with E-state index in [4.69, 9.17) is 5.11 Å². The van der Waals surface area contributed by atoms with Crippen LogP contribution in [0.15, 0.2) is 16.6 Å². The van der Waals surface area contributed by atoms with Gasteiger partial charge in [-0.15, -0.1) is 0 Å². The Morgan fingerprint density at radius 2 is 1.65 bits per heavy atom. The molecule has 96 valence electrons. The Morgan fingerprint density at radius 3 is 2.24 bits per heavy atom. The van der Waals surface area contributed by atoms with E-state index in [1.807, 2.05) is 0 Å². The number of halogens is 3. The molecule has 2 nitrogen and oxygen atoms in total. The van der Waals surface area contributed by atoms with E-state index in [0.29, 0.717) is 11.0 Å². The first-order valence-corrected chi connectivity index (χ1v) is 6.43. The van der Waals surface area contributed by atoms with Crippen molar-refractivity contribution in [1.29, 1.82) is 0 Å². The molecule has 1 aromatic carbocycles. The molecule has 0 saturated heterocycles. The molecule has 0 aliphatic carbocycles. The predicted molar refractivity (Wildman–Crippen MR) is 68.1 cm³/mol. The fourth-order valence-corrected chi connectivity index (χ4v) is 1.92. The van der Waals surface area contributed by atoms with Crippen molar-refractivity contribution < 1.29 is 13.9 Å². The second kappa shape index (κ2) is 7.61. The van der Waals surface area contributed by atoms with Crippen molar-refractivity contribution >= 4 is 21.6 Å². The van der Waals surface area contributed by atoms with E-state index >= 15 is 0 Å². The predicted octanol–water partition coefficient (Wildman–Crippen LogP) is 3.69. The Kier molecular flexibility index (Phi) is 6.44. The summed E-state index contributed by atoms with van der Waals surface area (Å²) in [6.07, 6.45) is 3.48. The lowest BCUT2D eigenvalue weighted by atomic mass is 10.2. The van der Waals surface area contributed by atoms with Crippen molar-refractivity contribution in [2.45, 2.75) is 25.7 Å². The van der Waals surface area contributed by atoms with E-state index in [2.05, 4.69) is 21.2 Å². The number of rotatable bonds is 7. The molecule has 0 heterocycles. The highest BCUT2D eigenvalue weighted by Crippen LogP contribution is 2.23. The number of unbranched alkanes of at least 4 members (excludes halogenated alkanes) is 3. The Hall–Kier alpha value is -0.680. The topological polar surface area (TPSA) is 32.3 Å². The molecule has 0 aliphatic rings. The summed E-state index contributed by atoms with van der Waals surface area (Å²) < 4.78 is 27.1. The molecular formula is C12H16BrF2NO. The van der Waals surface area contributed by atoms with E-state index < -0.39 is 11.6 Å². The highest BCUT2D eigenvalue weighted by atomic mass is 79.9. The monoisotopic (exact) mass is 307 g/mol. The van der Waals surface area contributed by atoms with Crippen LogP contribution in [0.2, 0.25) is 0 Å². The summed E-state index contributed by atoms with van der Waals surface area (Å²) in [6, 6.07) is 2.47. The quantitative estimate of drug-likeness (QED) is 0.753. The van der Waals surface area contributed by atoms with Crippen LogP contribution in [0.4, 0.5) is 14.5 Å². The van der Waals surface area contributed by atoms with Crippen molar-refractivity contribution in [2.75, 3.05) is 18.5 Å². The van der Waals surface area contributed by atoms with Crippen molar-refractivity contribution in [3.05, 3.63) is 28.2 Å². The number of benzene rings is 1. The van der Waals surface area contributed by atoms with Gasteiger partial charge >= 0.3 is 0 Å². The number of anilines is 1. The molecule has 0 radical (unpaired) electrons. The zero-order valence-corrected chi connectivity index (χ0v) is 11.1. The minimum Gasteiger partial charge on any atom is -0.396 e. The zero-order chi connectivity index (χ0) is 12.7. The Balaban J connectivity index is 2.36. The first-order valence-electron chi connectivity index (χ1n) is 5.64. The summed E-state index contributed by atoms with van der Waals surface area (Å²) in [4.78, 5) is 0. The third kappa shape index (κ3) is 5.00. The van der Waals surface area contributed by atoms with Crippen molar-refractivity contribution in [2.24, 2.45) is 0 Å². The fraction of sp³-hybridized carbons (Fsp3) is 0.500. The van der Waals surface area contributed by atoms with Crippen LogP contribution in [-0.4, -0.2) is 18.3 Å². The number of nitrogens with one attached hydrogen (secondary N) is 1. The maximum absolute atomic E-state index is 13.4. The molecule has 0 saturated carbocycles. The normalized spacial score (nSPS) is 10.6. The van der Waals surface area contributed by atoms with Crippen LogP contribution in [0.1, 0.15) is 25.7 Å². The molecule has 0 bridgehead atoms. The summed E-state index contributed by atoms with van der Waals surface area (Å²) in [5.74, 6) is -1.18. The number of aliphatic hydroxyl groups is 1. The van der Waals surface area contributed by atoms with E-state index in [0.717, 1.165) is 25.7 Å². The van der Waals surface area contributed by atoms with Crippen LogP contribution in [0.3, 0.4) is 0 Å². The van der Waals surface area contributed by atoms with Gasteiger partial charge in [0.15, 0.2) is 0 Å². The minimum absolute atomic E-state index is 0.0737. The molecule has 0 unspecified atom stereocenters. The lowest BCUT2D eigenvalue weighted by Crippen LogP contribution is -2.05. The van der Waals surface area contributed by atoms with Gasteiger partial charge in [-0.3, -0.25) is 0 Å². The van der Waals surface area contributed by atoms with Gasteiger partial charge in [0.25, 0.3) is 0 Å². The maximum Gasteiger partial charge on any atom is 0.150 e. The number of aliphatic hydroxyl groups excluding tert-OH is 1. The second-order valence-electron chi connectivity index (χ2n) is 3.81. The molecule has 2 N–H and O–H groups in total. The first kappa shape index (κ1) is 14.4. The van der Waals surface area contributed by atoms with Crippen LogP contribution in [-0.2, 0) is 0 Å². The first-order chi connectivity index (χ1) is 8.15.